The van der Waals surface area contributed by atoms with Crippen LogP contribution in [-0.2, 0) is 30.5 Å². The fraction of sp³-hybridized carbons (Fsp3) is 0.447. The molecular weight excluding hydrogens is 886 g/mol. The third-order valence-corrected chi connectivity index (χ3v) is 14.1. The Morgan fingerprint density at radius 3 is 2.37 bits per heavy atom. The highest BCUT2D eigenvalue weighted by Crippen LogP contribution is 2.40. The Balaban J connectivity index is 0.873. The number of thiazole rings is 1. The van der Waals surface area contributed by atoms with E-state index < -0.39 is 41.5 Å². The zero-order valence-corrected chi connectivity index (χ0v) is 40.1. The third kappa shape index (κ3) is 11.0. The molecule has 4 atom stereocenters. The predicted molar refractivity (Wildman–Crippen MR) is 253 cm³/mol. The number of ether oxygens (including phenoxy) is 1. The Hall–Kier alpha value is -5.33. The SMILES string of the molecule is Cc1ncsc1-c1ccc(CNC(=O)[C@@H]2C[C@@H](O)CN2C(=O)C(NC(=O)COCCCCNC(=O)CC2N=C(c3ccc(Cl)cc3)c3c(sc(C)c3C)-n3c(C)nnc32)C(C)(C)C)cc1. The minimum absolute atomic E-state index is 0.0237. The molecule has 0 spiro atoms. The molecule has 0 bridgehead atoms. The lowest BCUT2D eigenvalue weighted by molar-refractivity contribution is -0.144. The second-order valence-electron chi connectivity index (χ2n) is 17.7. The van der Waals surface area contributed by atoms with E-state index in [-0.39, 0.29) is 51.0 Å². The summed E-state index contributed by atoms with van der Waals surface area (Å²) in [7, 11) is 0. The molecule has 5 heterocycles. The number of rotatable bonds is 16. The van der Waals surface area contributed by atoms with Crippen molar-refractivity contribution in [3.05, 3.63) is 104 Å². The van der Waals surface area contributed by atoms with Crippen LogP contribution in [0.2, 0.25) is 5.02 Å². The van der Waals surface area contributed by atoms with E-state index in [1.165, 1.54) is 4.90 Å². The first-order valence-electron chi connectivity index (χ1n) is 21.8. The van der Waals surface area contributed by atoms with Gasteiger partial charge in [0.1, 0.15) is 35.6 Å². The van der Waals surface area contributed by atoms with E-state index in [9.17, 15) is 24.3 Å². The molecule has 4 amide bonds. The number of hydrogen-bond acceptors (Lipinski definition) is 12. The van der Waals surface area contributed by atoms with Crippen molar-refractivity contribution in [1.29, 1.82) is 0 Å². The van der Waals surface area contributed by atoms with Crippen molar-refractivity contribution in [3.63, 3.8) is 0 Å². The van der Waals surface area contributed by atoms with Gasteiger partial charge < -0.3 is 30.7 Å². The van der Waals surface area contributed by atoms with Gasteiger partial charge in [-0.25, -0.2) is 4.98 Å². The number of carbonyl (C=O) groups excluding carboxylic acids is 4. The molecule has 4 N–H and O–H groups in total. The van der Waals surface area contributed by atoms with Crippen molar-refractivity contribution in [2.75, 3.05) is 26.3 Å². The lowest BCUT2D eigenvalue weighted by atomic mass is 9.85. The molecular formula is C47H56ClN9O6S2. The summed E-state index contributed by atoms with van der Waals surface area (Å²) in [5, 5.41) is 29.8. The molecule has 2 unspecified atom stereocenters. The van der Waals surface area contributed by atoms with Crippen molar-refractivity contribution in [2.45, 2.75) is 105 Å². The number of aliphatic hydroxyl groups is 1. The number of nitrogens with one attached hydrogen (secondary N) is 3. The zero-order valence-electron chi connectivity index (χ0n) is 37.7. The number of β-amino-alcohol motifs (C(OH)–C–C–N with tert-alkyl or cyclic N) is 1. The average molecular weight is 943 g/mol. The lowest BCUT2D eigenvalue weighted by Gasteiger charge is -2.35. The van der Waals surface area contributed by atoms with E-state index in [0.717, 1.165) is 54.0 Å². The number of carbonyl (C=O) groups is 4. The number of hydrogen-bond donors (Lipinski definition) is 4. The molecule has 5 aromatic rings. The number of nitrogens with zero attached hydrogens (tertiary/aromatic N) is 6. The standard InChI is InChI=1S/C47H56ClN9O6S2/c1-26-28(3)65-46-39(26)40(31-14-16-33(48)17-15-31)52-35(43-55-54-29(4)57(43)46)21-37(59)49-18-8-9-19-63-24-38(60)53-42(47(5,6)7)45(62)56-23-34(58)20-36(56)44(61)50-22-30-10-12-32(13-11-30)41-27(2)51-25-64-41/h10-17,25,34-36,42,58H,8-9,18-24H2,1-7H3,(H,49,59)(H,50,61)(H,53,60)/t34-,35?,36+,42?/m1/s1. The monoisotopic (exact) mass is 941 g/mol. The van der Waals surface area contributed by atoms with Gasteiger partial charge in [0.2, 0.25) is 23.6 Å². The molecule has 0 aliphatic carbocycles. The van der Waals surface area contributed by atoms with Crippen LogP contribution in [0.25, 0.3) is 15.4 Å². The topological polar surface area (TPSA) is 193 Å². The van der Waals surface area contributed by atoms with Gasteiger partial charge in [-0.15, -0.1) is 32.9 Å². The van der Waals surface area contributed by atoms with Gasteiger partial charge in [-0.2, -0.15) is 0 Å². The molecule has 1 fully saturated rings. The molecule has 0 radical (unpaired) electrons. The molecule has 2 aliphatic rings. The van der Waals surface area contributed by atoms with Crippen LogP contribution in [0, 0.1) is 33.1 Å². The fourth-order valence-corrected chi connectivity index (χ4v) is 10.2. The van der Waals surface area contributed by atoms with Crippen LogP contribution >= 0.6 is 34.3 Å². The molecule has 65 heavy (non-hydrogen) atoms. The van der Waals surface area contributed by atoms with Gasteiger partial charge >= 0.3 is 0 Å². The highest BCUT2D eigenvalue weighted by molar-refractivity contribution is 7.15. The number of amides is 4. The summed E-state index contributed by atoms with van der Waals surface area (Å²) in [5.41, 5.74) is 7.77. The first kappa shape index (κ1) is 47.6. The quantitative estimate of drug-likeness (QED) is 0.0817. The van der Waals surface area contributed by atoms with E-state index in [0.29, 0.717) is 36.1 Å². The van der Waals surface area contributed by atoms with Crippen molar-refractivity contribution in [1.82, 2.24) is 40.6 Å². The maximum absolute atomic E-state index is 14.0. The number of thiophene rings is 1. The molecule has 344 valence electrons. The molecule has 2 aromatic carbocycles. The highest BCUT2D eigenvalue weighted by Gasteiger charge is 2.44. The van der Waals surface area contributed by atoms with E-state index in [1.54, 1.807) is 22.7 Å². The highest BCUT2D eigenvalue weighted by atomic mass is 35.5. The molecule has 1 saturated heterocycles. The smallest absolute Gasteiger partial charge is 0.246 e. The number of halogens is 1. The number of aryl methyl sites for hydroxylation is 3. The Morgan fingerprint density at radius 2 is 1.68 bits per heavy atom. The number of unbranched alkanes of at least 4 members (excludes halogenated alkanes) is 1. The Bertz CT molecular complexity index is 2560. The summed E-state index contributed by atoms with van der Waals surface area (Å²) in [6.07, 6.45) is 0.450. The number of fused-ring (bicyclic) bond motifs is 3. The number of aromatic nitrogens is 4. The van der Waals surface area contributed by atoms with E-state index >= 15 is 0 Å². The molecule has 0 saturated carbocycles. The summed E-state index contributed by atoms with van der Waals surface area (Å²) in [4.78, 5) is 67.1. The summed E-state index contributed by atoms with van der Waals surface area (Å²) in [5.74, 6) is -0.170. The molecule has 3 aromatic heterocycles. The Kier molecular flexibility index (Phi) is 15.0. The second kappa shape index (κ2) is 20.5. The number of aliphatic hydroxyl groups excluding tert-OH is 1. The van der Waals surface area contributed by atoms with Crippen LogP contribution in [-0.4, -0.2) is 104 Å². The zero-order chi connectivity index (χ0) is 46.6. The minimum atomic E-state index is -0.977. The van der Waals surface area contributed by atoms with Crippen molar-refractivity contribution >= 4 is 63.6 Å². The van der Waals surface area contributed by atoms with Crippen LogP contribution in [0.5, 0.6) is 0 Å². The van der Waals surface area contributed by atoms with Gasteiger partial charge in [0.05, 0.1) is 34.3 Å². The van der Waals surface area contributed by atoms with Gasteiger partial charge in [-0.05, 0) is 74.8 Å². The fourth-order valence-electron chi connectivity index (χ4n) is 8.09. The van der Waals surface area contributed by atoms with Crippen molar-refractivity contribution < 1.29 is 29.0 Å². The molecule has 15 nitrogen and oxygen atoms in total. The van der Waals surface area contributed by atoms with Crippen molar-refractivity contribution in [2.24, 2.45) is 10.4 Å². The second-order valence-corrected chi connectivity index (χ2v) is 20.2. The minimum Gasteiger partial charge on any atom is -0.391 e. The van der Waals surface area contributed by atoms with E-state index in [4.69, 9.17) is 21.3 Å². The van der Waals surface area contributed by atoms with Crippen LogP contribution in [0.15, 0.2) is 59.0 Å². The van der Waals surface area contributed by atoms with Crippen LogP contribution < -0.4 is 16.0 Å². The van der Waals surface area contributed by atoms with Gasteiger partial charge in [-0.3, -0.25) is 28.7 Å². The normalized spacial score (nSPS) is 17.5. The van der Waals surface area contributed by atoms with Crippen LogP contribution in [0.3, 0.4) is 0 Å². The summed E-state index contributed by atoms with van der Waals surface area (Å²) >= 11 is 9.46. The van der Waals surface area contributed by atoms with Gasteiger partial charge in [0.25, 0.3) is 0 Å². The number of likely N-dealkylation sites (tertiary alicyclic amines) is 1. The maximum atomic E-state index is 14.0. The largest absolute Gasteiger partial charge is 0.391 e. The maximum Gasteiger partial charge on any atom is 0.246 e. The van der Waals surface area contributed by atoms with Crippen LogP contribution in [0.4, 0.5) is 0 Å². The predicted octanol–water partition coefficient (Wildman–Crippen LogP) is 6.34. The Morgan fingerprint density at radius 1 is 0.954 bits per heavy atom. The number of aliphatic imine (C=N–C) groups is 1. The van der Waals surface area contributed by atoms with Gasteiger partial charge in [-0.1, -0.05) is 68.8 Å². The van der Waals surface area contributed by atoms with Gasteiger partial charge in [0.15, 0.2) is 5.82 Å². The molecule has 2 aliphatic heterocycles. The average Bonchev–Trinajstić information content (AvgIpc) is 4.03. The van der Waals surface area contributed by atoms with Crippen molar-refractivity contribution in [3.8, 4) is 15.4 Å². The summed E-state index contributed by atoms with van der Waals surface area (Å²) < 4.78 is 7.70. The Labute approximate surface area is 392 Å². The van der Waals surface area contributed by atoms with Gasteiger partial charge in [0, 0.05) is 53.7 Å². The molecule has 18 heteroatoms. The first-order chi connectivity index (χ1) is 31.0. The molecule has 7 rings (SSSR count). The third-order valence-electron chi connectivity index (χ3n) is 11.7. The summed E-state index contributed by atoms with van der Waals surface area (Å²) in [6, 6.07) is 12.9. The van der Waals surface area contributed by atoms with E-state index in [1.807, 2.05) is 93.2 Å². The number of benzene rings is 2. The lowest BCUT2D eigenvalue weighted by Crippen LogP contribution is -2.58. The summed E-state index contributed by atoms with van der Waals surface area (Å²) in [6.45, 7) is 14.1. The first-order valence-corrected chi connectivity index (χ1v) is 23.8. The van der Waals surface area contributed by atoms with E-state index in [2.05, 4.69) is 45.0 Å². The van der Waals surface area contributed by atoms with Crippen LogP contribution in [0.1, 0.15) is 97.0 Å².